The van der Waals surface area contributed by atoms with Gasteiger partial charge in [-0.3, -0.25) is 19.5 Å². The highest BCUT2D eigenvalue weighted by molar-refractivity contribution is 9.10. The Kier molecular flexibility index (Phi) is 7.85. The maximum atomic E-state index is 14.0. The number of nitrogens with zero attached hydrogens (tertiary/aromatic N) is 3. The first-order valence-electron chi connectivity index (χ1n) is 14.4. The molecule has 0 radical (unpaired) electrons. The molecule has 3 aromatic carbocycles. The van der Waals surface area contributed by atoms with E-state index in [2.05, 4.69) is 21.0 Å². The number of nitrogens with one attached hydrogen (secondary N) is 1. The summed E-state index contributed by atoms with van der Waals surface area (Å²) in [4.78, 5) is 43.1. The number of carbonyl (C=O) groups excluding carboxylic acids is 2. The van der Waals surface area contributed by atoms with E-state index in [-0.39, 0.29) is 37.1 Å². The van der Waals surface area contributed by atoms with E-state index in [0.717, 1.165) is 28.4 Å². The van der Waals surface area contributed by atoms with Crippen LogP contribution in [0.25, 0.3) is 16.6 Å². The minimum atomic E-state index is -1.84. The van der Waals surface area contributed by atoms with Crippen LogP contribution in [0.1, 0.15) is 37.3 Å². The maximum Gasteiger partial charge on any atom is 0.279 e. The average molecular weight is 646 g/mol. The molecule has 0 aliphatic carbocycles. The van der Waals surface area contributed by atoms with Gasteiger partial charge in [-0.15, -0.1) is 0 Å². The molecule has 2 aliphatic rings. The second kappa shape index (κ2) is 11.6. The van der Waals surface area contributed by atoms with Crippen LogP contribution in [-0.4, -0.2) is 55.9 Å². The van der Waals surface area contributed by atoms with Crippen molar-refractivity contribution < 1.29 is 19.8 Å². The number of rotatable bonds is 8. The van der Waals surface area contributed by atoms with Crippen LogP contribution in [0, 0.1) is 5.92 Å². The molecule has 43 heavy (non-hydrogen) atoms. The van der Waals surface area contributed by atoms with Crippen LogP contribution in [-0.2, 0) is 21.7 Å². The number of likely N-dealkylation sites (tertiary alicyclic amines) is 1. The van der Waals surface area contributed by atoms with Crippen LogP contribution in [0.3, 0.4) is 0 Å². The number of aromatic amines is 1. The van der Waals surface area contributed by atoms with Crippen molar-refractivity contribution in [3.05, 3.63) is 105 Å². The summed E-state index contributed by atoms with van der Waals surface area (Å²) in [6, 6.07) is 20.0. The first kappa shape index (κ1) is 29.1. The van der Waals surface area contributed by atoms with Crippen molar-refractivity contribution in [2.24, 2.45) is 5.92 Å². The maximum absolute atomic E-state index is 14.0. The van der Waals surface area contributed by atoms with Crippen molar-refractivity contribution in [1.82, 2.24) is 14.7 Å². The molecule has 0 unspecified atom stereocenters. The summed E-state index contributed by atoms with van der Waals surface area (Å²) in [6.45, 7) is 2.53. The lowest BCUT2D eigenvalue weighted by Gasteiger charge is -2.28. The normalized spacial score (nSPS) is 20.8. The summed E-state index contributed by atoms with van der Waals surface area (Å²) in [7, 11) is 0. The van der Waals surface area contributed by atoms with Crippen LogP contribution in [0.2, 0.25) is 0 Å². The molecule has 4 aromatic rings. The Hall–Kier alpha value is -3.99. The zero-order valence-electron chi connectivity index (χ0n) is 23.7. The zero-order valence-corrected chi connectivity index (χ0v) is 25.3. The average Bonchev–Trinajstić information content (AvgIpc) is 3.68. The summed E-state index contributed by atoms with van der Waals surface area (Å²) < 4.78 is 2.22. The first-order chi connectivity index (χ1) is 20.7. The number of anilines is 1. The number of aliphatic hydroxyl groups is 2. The molecular formula is C33H33BrN4O5. The third-order valence-electron chi connectivity index (χ3n) is 8.62. The van der Waals surface area contributed by atoms with Gasteiger partial charge in [0, 0.05) is 28.9 Å². The Balaban J connectivity index is 1.26. The van der Waals surface area contributed by atoms with Crippen LogP contribution in [0.4, 0.5) is 5.69 Å². The summed E-state index contributed by atoms with van der Waals surface area (Å²) in [5.41, 5.74) is 1.23. The number of aliphatic hydroxyl groups excluding tert-OH is 1. The van der Waals surface area contributed by atoms with Gasteiger partial charge >= 0.3 is 0 Å². The van der Waals surface area contributed by atoms with E-state index in [9.17, 15) is 24.6 Å². The fourth-order valence-electron chi connectivity index (χ4n) is 6.28. The van der Waals surface area contributed by atoms with Gasteiger partial charge in [0.1, 0.15) is 0 Å². The molecule has 3 heterocycles. The predicted molar refractivity (Wildman–Crippen MR) is 168 cm³/mol. The van der Waals surface area contributed by atoms with Gasteiger partial charge in [0.15, 0.2) is 5.60 Å². The molecule has 6 rings (SSSR count). The second-order valence-electron chi connectivity index (χ2n) is 11.3. The van der Waals surface area contributed by atoms with E-state index in [4.69, 9.17) is 0 Å². The lowest BCUT2D eigenvalue weighted by molar-refractivity contribution is -0.139. The minimum Gasteiger partial charge on any atom is -0.394 e. The van der Waals surface area contributed by atoms with Crippen LogP contribution in [0.15, 0.2) is 88.1 Å². The summed E-state index contributed by atoms with van der Waals surface area (Å²) >= 11 is 3.49. The molecule has 1 aromatic heterocycles. The van der Waals surface area contributed by atoms with E-state index in [1.807, 2.05) is 54.6 Å². The molecular weight excluding hydrogens is 612 g/mol. The van der Waals surface area contributed by atoms with Crippen LogP contribution in [0.5, 0.6) is 0 Å². The van der Waals surface area contributed by atoms with Crippen molar-refractivity contribution >= 4 is 44.3 Å². The van der Waals surface area contributed by atoms with Gasteiger partial charge in [0.2, 0.25) is 5.91 Å². The lowest BCUT2D eigenvalue weighted by atomic mass is 9.83. The van der Waals surface area contributed by atoms with Gasteiger partial charge in [0.25, 0.3) is 11.5 Å². The van der Waals surface area contributed by atoms with Gasteiger partial charge in [-0.05, 0) is 60.9 Å². The number of fused-ring (bicyclic) bond motifs is 2. The fourth-order valence-corrected chi connectivity index (χ4v) is 6.64. The van der Waals surface area contributed by atoms with Crippen molar-refractivity contribution in [2.75, 3.05) is 18.1 Å². The van der Waals surface area contributed by atoms with E-state index < -0.39 is 17.4 Å². The largest absolute Gasteiger partial charge is 0.394 e. The van der Waals surface area contributed by atoms with E-state index in [0.29, 0.717) is 28.9 Å². The molecule has 9 nitrogen and oxygen atoms in total. The van der Waals surface area contributed by atoms with Gasteiger partial charge < -0.3 is 20.0 Å². The minimum absolute atomic E-state index is 0.0526. The smallest absolute Gasteiger partial charge is 0.279 e. The monoisotopic (exact) mass is 644 g/mol. The molecule has 0 bridgehead atoms. The zero-order chi connectivity index (χ0) is 30.3. The van der Waals surface area contributed by atoms with Crippen molar-refractivity contribution in [1.29, 1.82) is 0 Å². The summed E-state index contributed by atoms with van der Waals surface area (Å²) in [6.07, 6.45) is 5.21. The van der Waals surface area contributed by atoms with E-state index >= 15 is 0 Å². The SMILES string of the molecule is C[C@@H](/C=C/CC(=O)N1CCC[C@H]1CO)[C@]1(O)C(=O)N(Cc2cccc(-n3[nH]c4ccccc4c3=O)c2)c2ccc(Br)cc21. The highest BCUT2D eigenvalue weighted by Gasteiger charge is 2.52. The Morgan fingerprint density at radius 1 is 1.14 bits per heavy atom. The molecule has 2 amide bonds. The van der Waals surface area contributed by atoms with Gasteiger partial charge in [-0.2, -0.15) is 0 Å². The molecule has 10 heteroatoms. The molecule has 0 spiro atoms. The van der Waals surface area contributed by atoms with E-state index in [1.54, 1.807) is 41.0 Å². The van der Waals surface area contributed by atoms with Crippen molar-refractivity contribution in [2.45, 2.75) is 44.4 Å². The van der Waals surface area contributed by atoms with Crippen molar-refractivity contribution in [3.8, 4) is 5.69 Å². The molecule has 1 fully saturated rings. The van der Waals surface area contributed by atoms with Crippen LogP contribution >= 0.6 is 15.9 Å². The molecule has 3 N–H and O–H groups in total. The number of carbonyl (C=O) groups is 2. The standard InChI is InChI=1S/C33H33BrN4O5/c1-21(7-4-13-30(40)36-16-6-10-25(36)20-39)33(43)27-18-23(34)14-15-29(27)37(32(33)42)19-22-8-5-9-24(17-22)38-31(41)26-11-2-3-12-28(26)35-38/h2-5,7-9,11-12,14-15,17-18,21,25,35,39,43H,6,10,13,16,19-20H2,1H3/b7-4+/t21-,25-,33+/m0/s1. The first-order valence-corrected chi connectivity index (χ1v) is 15.2. The number of H-pyrrole nitrogens is 1. The summed E-state index contributed by atoms with van der Waals surface area (Å²) in [5, 5.41) is 25.3. The van der Waals surface area contributed by atoms with Crippen molar-refractivity contribution in [3.63, 3.8) is 0 Å². The van der Waals surface area contributed by atoms with Gasteiger partial charge in [-0.1, -0.05) is 59.3 Å². The quantitative estimate of drug-likeness (QED) is 0.246. The number of aromatic nitrogens is 2. The highest BCUT2D eigenvalue weighted by Crippen LogP contribution is 2.46. The Morgan fingerprint density at radius 3 is 2.74 bits per heavy atom. The number of hydrogen-bond donors (Lipinski definition) is 3. The third kappa shape index (κ3) is 5.13. The predicted octanol–water partition coefficient (Wildman–Crippen LogP) is 4.38. The van der Waals surface area contributed by atoms with E-state index in [1.165, 1.54) is 4.68 Å². The lowest BCUT2D eigenvalue weighted by Crippen LogP contribution is -2.44. The second-order valence-corrected chi connectivity index (χ2v) is 12.2. The molecule has 2 aliphatic heterocycles. The topological polar surface area (TPSA) is 119 Å². The van der Waals surface area contributed by atoms with Gasteiger partial charge in [-0.25, -0.2) is 4.68 Å². The Labute approximate surface area is 257 Å². The summed E-state index contributed by atoms with van der Waals surface area (Å²) in [5.74, 6) is -1.17. The van der Waals surface area contributed by atoms with Gasteiger partial charge in [0.05, 0.1) is 41.5 Å². The van der Waals surface area contributed by atoms with Crippen LogP contribution < -0.4 is 10.5 Å². The molecule has 1 saturated heterocycles. The molecule has 3 atom stereocenters. The number of amides is 2. The number of para-hydroxylation sites is 1. The number of halogens is 1. The Morgan fingerprint density at radius 2 is 1.95 bits per heavy atom. The highest BCUT2D eigenvalue weighted by atomic mass is 79.9. The number of benzene rings is 3. The molecule has 0 saturated carbocycles. The Bertz CT molecular complexity index is 1800. The molecule has 222 valence electrons. The number of hydrogen-bond acceptors (Lipinski definition) is 5. The fraction of sp³-hybridized carbons (Fsp3) is 0.303. The third-order valence-corrected chi connectivity index (χ3v) is 9.11.